The van der Waals surface area contributed by atoms with Crippen LogP contribution in [0.15, 0.2) is 18.3 Å². The van der Waals surface area contributed by atoms with Gasteiger partial charge in [0, 0.05) is 50.6 Å². The van der Waals surface area contributed by atoms with Crippen molar-refractivity contribution in [1.29, 1.82) is 0 Å². The predicted octanol–water partition coefficient (Wildman–Crippen LogP) is 2.80. The van der Waals surface area contributed by atoms with Crippen LogP contribution in [0.3, 0.4) is 0 Å². The summed E-state index contributed by atoms with van der Waals surface area (Å²) in [4.78, 5) is 33.9. The quantitative estimate of drug-likeness (QED) is 0.785. The van der Waals surface area contributed by atoms with Crippen LogP contribution in [0.1, 0.15) is 61.0 Å². The first kappa shape index (κ1) is 19.4. The van der Waals surface area contributed by atoms with Crippen molar-refractivity contribution >= 4 is 11.8 Å². The highest BCUT2D eigenvalue weighted by molar-refractivity contribution is 5.95. The van der Waals surface area contributed by atoms with Crippen molar-refractivity contribution in [2.75, 3.05) is 32.8 Å². The zero-order valence-corrected chi connectivity index (χ0v) is 16.9. The Labute approximate surface area is 167 Å². The lowest BCUT2D eigenvalue weighted by atomic mass is 9.84. The summed E-state index contributed by atoms with van der Waals surface area (Å²) in [5.41, 5.74) is 1.46. The van der Waals surface area contributed by atoms with Gasteiger partial charge in [0.15, 0.2) is 0 Å². The molecule has 0 unspecified atom stereocenters. The van der Waals surface area contributed by atoms with Crippen molar-refractivity contribution < 1.29 is 14.3 Å². The van der Waals surface area contributed by atoms with E-state index >= 15 is 0 Å². The van der Waals surface area contributed by atoms with E-state index in [1.165, 1.54) is 12.8 Å². The molecule has 0 bridgehead atoms. The second-order valence-corrected chi connectivity index (χ2v) is 8.52. The normalized spacial score (nSPS) is 23.0. The fraction of sp³-hybridized carbons (Fsp3) is 0.682. The maximum Gasteiger partial charge on any atom is 0.255 e. The van der Waals surface area contributed by atoms with Gasteiger partial charge in [-0.05, 0) is 64.0 Å². The summed E-state index contributed by atoms with van der Waals surface area (Å²) in [6.45, 7) is 5.65. The highest BCUT2D eigenvalue weighted by Gasteiger charge is 2.39. The highest BCUT2D eigenvalue weighted by Crippen LogP contribution is 2.35. The van der Waals surface area contributed by atoms with Crippen molar-refractivity contribution in [3.05, 3.63) is 29.6 Å². The maximum absolute atomic E-state index is 13.0. The molecule has 6 heteroatoms. The number of hydrogen-bond acceptors (Lipinski definition) is 4. The molecule has 0 saturated carbocycles. The third kappa shape index (κ3) is 3.93. The van der Waals surface area contributed by atoms with Gasteiger partial charge in [-0.25, -0.2) is 0 Å². The molecule has 3 saturated heterocycles. The van der Waals surface area contributed by atoms with Gasteiger partial charge < -0.3 is 14.5 Å². The van der Waals surface area contributed by atoms with Crippen LogP contribution in [0.25, 0.3) is 0 Å². The minimum atomic E-state index is 0.0332. The number of aromatic nitrogens is 1. The van der Waals surface area contributed by atoms with Crippen molar-refractivity contribution in [2.24, 2.45) is 5.92 Å². The molecule has 28 heavy (non-hydrogen) atoms. The minimum Gasteiger partial charge on any atom is -0.375 e. The number of piperidine rings is 2. The van der Waals surface area contributed by atoms with Crippen molar-refractivity contribution in [1.82, 2.24) is 14.8 Å². The molecule has 6 nitrogen and oxygen atoms in total. The Bertz CT molecular complexity index is 711. The van der Waals surface area contributed by atoms with Crippen LogP contribution >= 0.6 is 0 Å². The smallest absolute Gasteiger partial charge is 0.255 e. The van der Waals surface area contributed by atoms with Crippen LogP contribution < -0.4 is 0 Å². The zero-order chi connectivity index (χ0) is 19.6. The summed E-state index contributed by atoms with van der Waals surface area (Å²) >= 11 is 0. The molecule has 152 valence electrons. The fourth-order valence-electron chi connectivity index (χ4n) is 4.91. The third-order valence-corrected chi connectivity index (χ3v) is 6.79. The maximum atomic E-state index is 13.0. The van der Waals surface area contributed by atoms with Crippen LogP contribution in [0.2, 0.25) is 0 Å². The standard InChI is InChI=1S/C22H31N3O3/c1-17-19(5-4-11-23-17)21(27)24-12-6-18(7-13-24)20(26)25-14-9-22(10-15-25)8-2-3-16-28-22/h4-5,11,18H,2-3,6-10,12-16H2,1H3. The Morgan fingerprint density at radius 2 is 1.82 bits per heavy atom. The number of ether oxygens (including phenoxy) is 1. The molecule has 1 aromatic rings. The van der Waals surface area contributed by atoms with Crippen LogP contribution in [0, 0.1) is 12.8 Å². The molecule has 0 radical (unpaired) electrons. The molecule has 4 heterocycles. The van der Waals surface area contributed by atoms with Crippen LogP contribution in [0.5, 0.6) is 0 Å². The van der Waals surface area contributed by atoms with E-state index in [2.05, 4.69) is 4.98 Å². The molecular weight excluding hydrogens is 354 g/mol. The lowest BCUT2D eigenvalue weighted by Crippen LogP contribution is -2.52. The van der Waals surface area contributed by atoms with Crippen LogP contribution in [-0.4, -0.2) is 65.0 Å². The summed E-state index contributed by atoms with van der Waals surface area (Å²) in [7, 11) is 0. The van der Waals surface area contributed by atoms with E-state index in [1.54, 1.807) is 12.3 Å². The Morgan fingerprint density at radius 1 is 1.07 bits per heavy atom. The highest BCUT2D eigenvalue weighted by atomic mass is 16.5. The first-order chi connectivity index (χ1) is 13.6. The SMILES string of the molecule is Cc1ncccc1C(=O)N1CCC(C(=O)N2CCC3(CCCCO3)CC2)CC1. The van der Waals surface area contributed by atoms with Crippen molar-refractivity contribution in [3.63, 3.8) is 0 Å². The average Bonchev–Trinajstić information content (AvgIpc) is 2.74. The van der Waals surface area contributed by atoms with Crippen LogP contribution in [-0.2, 0) is 9.53 Å². The summed E-state index contributed by atoms with van der Waals surface area (Å²) in [6.07, 6.45) is 8.70. The largest absolute Gasteiger partial charge is 0.375 e. The van der Waals surface area contributed by atoms with Gasteiger partial charge in [0.25, 0.3) is 5.91 Å². The Balaban J connectivity index is 1.29. The summed E-state index contributed by atoms with van der Waals surface area (Å²) in [6, 6.07) is 3.63. The fourth-order valence-corrected chi connectivity index (χ4v) is 4.91. The molecule has 3 aliphatic heterocycles. The molecule has 0 aliphatic carbocycles. The van der Waals surface area contributed by atoms with E-state index in [1.807, 2.05) is 22.8 Å². The number of pyridine rings is 1. The van der Waals surface area contributed by atoms with Gasteiger partial charge in [-0.3, -0.25) is 14.6 Å². The lowest BCUT2D eigenvalue weighted by molar-refractivity contribution is -0.147. The summed E-state index contributed by atoms with van der Waals surface area (Å²) in [5.74, 6) is 0.349. The van der Waals surface area contributed by atoms with Crippen LogP contribution in [0.4, 0.5) is 0 Å². The summed E-state index contributed by atoms with van der Waals surface area (Å²) < 4.78 is 6.08. The van der Waals surface area contributed by atoms with Gasteiger partial charge in [0.1, 0.15) is 0 Å². The number of rotatable bonds is 2. The third-order valence-electron chi connectivity index (χ3n) is 6.79. The van der Waals surface area contributed by atoms with Crippen molar-refractivity contribution in [2.45, 2.75) is 57.5 Å². The number of hydrogen-bond donors (Lipinski definition) is 0. The number of nitrogens with zero attached hydrogens (tertiary/aromatic N) is 3. The molecule has 0 aromatic carbocycles. The first-order valence-corrected chi connectivity index (χ1v) is 10.7. The Kier molecular flexibility index (Phi) is 5.67. The topological polar surface area (TPSA) is 62.7 Å². The molecular formula is C22H31N3O3. The molecule has 0 atom stereocenters. The molecule has 1 aromatic heterocycles. The van der Waals surface area contributed by atoms with Gasteiger partial charge in [0.2, 0.25) is 5.91 Å². The number of carbonyl (C=O) groups is 2. The van der Waals surface area contributed by atoms with E-state index in [0.717, 1.165) is 57.5 Å². The molecule has 4 rings (SSSR count). The van der Waals surface area contributed by atoms with E-state index < -0.39 is 0 Å². The Morgan fingerprint density at radius 3 is 2.46 bits per heavy atom. The van der Waals surface area contributed by atoms with Gasteiger partial charge in [0.05, 0.1) is 11.2 Å². The predicted molar refractivity (Wildman–Crippen MR) is 106 cm³/mol. The van der Waals surface area contributed by atoms with E-state index in [9.17, 15) is 9.59 Å². The number of aryl methyl sites for hydroxylation is 1. The van der Waals surface area contributed by atoms with E-state index in [4.69, 9.17) is 4.74 Å². The first-order valence-electron chi connectivity index (χ1n) is 10.7. The van der Waals surface area contributed by atoms with E-state index in [0.29, 0.717) is 18.7 Å². The van der Waals surface area contributed by atoms with Crippen molar-refractivity contribution in [3.8, 4) is 0 Å². The Hall–Kier alpha value is -1.95. The minimum absolute atomic E-state index is 0.0332. The molecule has 1 spiro atoms. The number of likely N-dealkylation sites (tertiary alicyclic amines) is 2. The second-order valence-electron chi connectivity index (χ2n) is 8.52. The number of amides is 2. The molecule has 3 aliphatic rings. The molecule has 0 N–H and O–H groups in total. The number of carbonyl (C=O) groups excluding carboxylic acids is 2. The molecule has 3 fully saturated rings. The summed E-state index contributed by atoms with van der Waals surface area (Å²) in [5, 5.41) is 0. The second kappa shape index (κ2) is 8.19. The zero-order valence-electron chi connectivity index (χ0n) is 16.9. The lowest BCUT2D eigenvalue weighted by Gasteiger charge is -2.45. The monoisotopic (exact) mass is 385 g/mol. The van der Waals surface area contributed by atoms with Gasteiger partial charge in [-0.15, -0.1) is 0 Å². The van der Waals surface area contributed by atoms with Gasteiger partial charge >= 0.3 is 0 Å². The van der Waals surface area contributed by atoms with Gasteiger partial charge in [-0.2, -0.15) is 0 Å². The van der Waals surface area contributed by atoms with E-state index in [-0.39, 0.29) is 23.3 Å². The van der Waals surface area contributed by atoms with Gasteiger partial charge in [-0.1, -0.05) is 0 Å². The average molecular weight is 386 g/mol. The molecule has 2 amide bonds.